The summed E-state index contributed by atoms with van der Waals surface area (Å²) in [5, 5.41) is 12.5. The van der Waals surface area contributed by atoms with Gasteiger partial charge in [-0.3, -0.25) is 4.79 Å². The van der Waals surface area contributed by atoms with E-state index in [2.05, 4.69) is 10.3 Å². The summed E-state index contributed by atoms with van der Waals surface area (Å²) in [4.78, 5) is 17.1. The van der Waals surface area contributed by atoms with Gasteiger partial charge >= 0.3 is 6.18 Å². The predicted octanol–water partition coefficient (Wildman–Crippen LogP) is 4.74. The van der Waals surface area contributed by atoms with Crippen LogP contribution >= 0.6 is 0 Å². The Bertz CT molecular complexity index is 1110. The lowest BCUT2D eigenvalue weighted by molar-refractivity contribution is -0.137. The average molecular weight is 432 g/mol. The molecule has 8 heteroatoms. The third-order valence-corrected chi connectivity index (χ3v) is 5.02. The Morgan fingerprint density at radius 2 is 1.94 bits per heavy atom. The minimum atomic E-state index is -4.42. The number of methoxy groups -OCH3 is 1. The van der Waals surface area contributed by atoms with Gasteiger partial charge in [-0.15, -0.1) is 0 Å². The Hall–Kier alpha value is -3.13. The standard InChI is InChI=1S/C23H23F3N2O3/c1-13-10-16(23(24,25)26)5-7-17(13)20-12-21(31-3)18-6-4-15(11-19(18)28-20)22(30)27-14(2)8-9-29/h4-7,10-12,14,29H,8-9H2,1-3H3,(H,27,30)/t14-/m1/s1. The van der Waals surface area contributed by atoms with Crippen LogP contribution in [-0.4, -0.2) is 35.8 Å². The van der Waals surface area contributed by atoms with Crippen LogP contribution in [-0.2, 0) is 6.18 Å². The first-order valence-corrected chi connectivity index (χ1v) is 9.72. The lowest BCUT2D eigenvalue weighted by atomic mass is 10.0. The van der Waals surface area contributed by atoms with Crippen molar-refractivity contribution in [1.29, 1.82) is 0 Å². The van der Waals surface area contributed by atoms with Crippen molar-refractivity contribution in [3.63, 3.8) is 0 Å². The van der Waals surface area contributed by atoms with E-state index in [1.807, 2.05) is 0 Å². The highest BCUT2D eigenvalue weighted by Gasteiger charge is 2.30. The van der Waals surface area contributed by atoms with Gasteiger partial charge in [-0.05, 0) is 56.2 Å². The molecule has 3 rings (SSSR count). The molecule has 1 atom stereocenters. The summed E-state index contributed by atoms with van der Waals surface area (Å²) in [5.41, 5.74) is 1.55. The molecule has 164 valence electrons. The third-order valence-electron chi connectivity index (χ3n) is 5.02. The van der Waals surface area contributed by atoms with Crippen LogP contribution in [0.4, 0.5) is 13.2 Å². The second kappa shape index (κ2) is 8.93. The van der Waals surface area contributed by atoms with E-state index >= 15 is 0 Å². The van der Waals surface area contributed by atoms with E-state index < -0.39 is 11.7 Å². The lowest BCUT2D eigenvalue weighted by Crippen LogP contribution is -2.33. The zero-order chi connectivity index (χ0) is 22.8. The number of ether oxygens (including phenoxy) is 1. The summed E-state index contributed by atoms with van der Waals surface area (Å²) in [6.45, 7) is 3.35. The number of aromatic nitrogens is 1. The van der Waals surface area contributed by atoms with Crippen molar-refractivity contribution in [2.45, 2.75) is 32.5 Å². The van der Waals surface area contributed by atoms with Crippen LogP contribution in [0.25, 0.3) is 22.2 Å². The molecule has 0 saturated carbocycles. The van der Waals surface area contributed by atoms with Crippen molar-refractivity contribution in [2.75, 3.05) is 13.7 Å². The molecular weight excluding hydrogens is 409 g/mol. The molecule has 2 aromatic carbocycles. The van der Waals surface area contributed by atoms with Gasteiger partial charge in [-0.1, -0.05) is 6.07 Å². The van der Waals surface area contributed by atoms with Gasteiger partial charge in [0.05, 0.1) is 23.9 Å². The lowest BCUT2D eigenvalue weighted by Gasteiger charge is -2.15. The summed E-state index contributed by atoms with van der Waals surface area (Å²) in [7, 11) is 1.50. The molecule has 1 heterocycles. The van der Waals surface area contributed by atoms with Crippen molar-refractivity contribution in [2.24, 2.45) is 0 Å². The molecule has 0 spiro atoms. The number of aliphatic hydroxyl groups is 1. The number of pyridine rings is 1. The van der Waals surface area contributed by atoms with E-state index in [4.69, 9.17) is 9.84 Å². The number of amides is 1. The molecule has 0 aliphatic heterocycles. The number of benzene rings is 2. The van der Waals surface area contributed by atoms with E-state index in [0.29, 0.717) is 45.5 Å². The number of carbonyl (C=O) groups is 1. The number of nitrogens with zero attached hydrogens (tertiary/aromatic N) is 1. The zero-order valence-electron chi connectivity index (χ0n) is 17.4. The van der Waals surface area contributed by atoms with E-state index in [-0.39, 0.29) is 18.6 Å². The number of carbonyl (C=O) groups excluding carboxylic acids is 1. The molecule has 0 aliphatic carbocycles. The van der Waals surface area contributed by atoms with E-state index in [0.717, 1.165) is 12.1 Å². The number of hydrogen-bond donors (Lipinski definition) is 2. The van der Waals surface area contributed by atoms with Gasteiger partial charge in [0.1, 0.15) is 5.75 Å². The summed E-state index contributed by atoms with van der Waals surface area (Å²) in [6.07, 6.45) is -3.99. The Labute approximate surface area is 177 Å². The summed E-state index contributed by atoms with van der Waals surface area (Å²) in [5.74, 6) is 0.194. The minimum absolute atomic E-state index is 0.0340. The Kier molecular flexibility index (Phi) is 6.50. The fourth-order valence-electron chi connectivity index (χ4n) is 3.34. The number of fused-ring (bicyclic) bond motifs is 1. The van der Waals surface area contributed by atoms with E-state index in [1.165, 1.54) is 13.2 Å². The molecule has 3 aromatic rings. The van der Waals surface area contributed by atoms with Gasteiger partial charge in [0.25, 0.3) is 5.91 Å². The summed E-state index contributed by atoms with van der Waals surface area (Å²) < 4.78 is 44.5. The number of hydrogen-bond acceptors (Lipinski definition) is 4. The van der Waals surface area contributed by atoms with Crippen molar-refractivity contribution < 1.29 is 27.8 Å². The highest BCUT2D eigenvalue weighted by Crippen LogP contribution is 2.35. The highest BCUT2D eigenvalue weighted by atomic mass is 19.4. The van der Waals surface area contributed by atoms with Gasteiger partial charge in [-0.25, -0.2) is 4.98 Å². The maximum atomic E-state index is 13.0. The van der Waals surface area contributed by atoms with Crippen LogP contribution in [0, 0.1) is 6.92 Å². The average Bonchev–Trinajstić information content (AvgIpc) is 2.71. The first kappa shape index (κ1) is 22.6. The molecule has 1 amide bonds. The molecular formula is C23H23F3N2O3. The van der Waals surface area contributed by atoms with Crippen LogP contribution in [0.1, 0.15) is 34.8 Å². The minimum Gasteiger partial charge on any atom is -0.496 e. The smallest absolute Gasteiger partial charge is 0.416 e. The maximum absolute atomic E-state index is 13.0. The molecule has 0 unspecified atom stereocenters. The zero-order valence-corrected chi connectivity index (χ0v) is 17.4. The molecule has 0 saturated heterocycles. The number of alkyl halides is 3. The van der Waals surface area contributed by atoms with Crippen LogP contribution in [0.2, 0.25) is 0 Å². The quantitative estimate of drug-likeness (QED) is 0.590. The van der Waals surface area contributed by atoms with Crippen LogP contribution in [0.3, 0.4) is 0 Å². The summed E-state index contributed by atoms with van der Waals surface area (Å²) in [6, 6.07) is 9.94. The third kappa shape index (κ3) is 4.96. The Balaban J connectivity index is 2.05. The van der Waals surface area contributed by atoms with Gasteiger partial charge in [0.15, 0.2) is 0 Å². The number of rotatable bonds is 6. The Morgan fingerprint density at radius 1 is 1.19 bits per heavy atom. The summed E-state index contributed by atoms with van der Waals surface area (Å²) >= 11 is 0. The van der Waals surface area contributed by atoms with Gasteiger partial charge < -0.3 is 15.2 Å². The topological polar surface area (TPSA) is 71.5 Å². The fraction of sp³-hybridized carbons (Fsp3) is 0.304. The second-order valence-corrected chi connectivity index (χ2v) is 7.36. The molecule has 0 radical (unpaired) electrons. The van der Waals surface area contributed by atoms with Crippen molar-refractivity contribution in [3.8, 4) is 17.0 Å². The normalized spacial score (nSPS) is 12.6. The molecule has 0 fully saturated rings. The Morgan fingerprint density at radius 3 is 2.55 bits per heavy atom. The predicted molar refractivity (Wildman–Crippen MR) is 112 cm³/mol. The van der Waals surface area contributed by atoms with Gasteiger partial charge in [0, 0.05) is 35.2 Å². The van der Waals surface area contributed by atoms with Gasteiger partial charge in [-0.2, -0.15) is 13.2 Å². The number of aryl methyl sites for hydroxylation is 1. The monoisotopic (exact) mass is 432 g/mol. The second-order valence-electron chi connectivity index (χ2n) is 7.36. The van der Waals surface area contributed by atoms with Crippen molar-refractivity contribution in [3.05, 3.63) is 59.2 Å². The molecule has 5 nitrogen and oxygen atoms in total. The van der Waals surface area contributed by atoms with E-state index in [9.17, 15) is 18.0 Å². The highest BCUT2D eigenvalue weighted by molar-refractivity contribution is 5.99. The van der Waals surface area contributed by atoms with Gasteiger partial charge in [0.2, 0.25) is 0 Å². The molecule has 31 heavy (non-hydrogen) atoms. The number of aliphatic hydroxyl groups excluding tert-OH is 1. The first-order chi connectivity index (χ1) is 14.6. The van der Waals surface area contributed by atoms with Crippen LogP contribution < -0.4 is 10.1 Å². The SMILES string of the molecule is COc1cc(-c2ccc(C(F)(F)F)cc2C)nc2cc(C(=O)N[C@H](C)CCO)ccc12. The van der Waals surface area contributed by atoms with Crippen molar-refractivity contribution >= 4 is 16.8 Å². The molecule has 0 bridgehead atoms. The molecule has 1 aromatic heterocycles. The molecule has 2 N–H and O–H groups in total. The number of halogens is 3. The maximum Gasteiger partial charge on any atom is 0.416 e. The number of nitrogens with one attached hydrogen (secondary N) is 1. The largest absolute Gasteiger partial charge is 0.496 e. The molecule has 0 aliphatic rings. The van der Waals surface area contributed by atoms with Crippen LogP contribution in [0.15, 0.2) is 42.5 Å². The van der Waals surface area contributed by atoms with E-state index in [1.54, 1.807) is 38.1 Å². The van der Waals surface area contributed by atoms with Crippen molar-refractivity contribution in [1.82, 2.24) is 10.3 Å². The first-order valence-electron chi connectivity index (χ1n) is 9.72. The fourth-order valence-corrected chi connectivity index (χ4v) is 3.34. The van der Waals surface area contributed by atoms with Crippen LogP contribution in [0.5, 0.6) is 5.75 Å².